The lowest BCUT2D eigenvalue weighted by Gasteiger charge is -2.22. The SMILES string of the molecule is CCC(Nc1ccc2c(c1)OC(F)(F)O2)C(C)C. The normalized spacial score (nSPS) is 17.9. The molecule has 2 rings (SSSR count). The number of anilines is 1. The lowest BCUT2D eigenvalue weighted by Crippen LogP contribution is -2.26. The van der Waals surface area contributed by atoms with Crippen LogP contribution in [-0.4, -0.2) is 12.3 Å². The molecule has 0 aromatic heterocycles. The predicted molar refractivity (Wildman–Crippen MR) is 65.2 cm³/mol. The van der Waals surface area contributed by atoms with Crippen LogP contribution >= 0.6 is 0 Å². The molecular formula is C13H17F2NO2. The molecule has 1 aliphatic heterocycles. The molecule has 1 unspecified atom stereocenters. The zero-order valence-corrected chi connectivity index (χ0v) is 10.7. The van der Waals surface area contributed by atoms with Gasteiger partial charge >= 0.3 is 6.29 Å². The average Bonchev–Trinajstić information content (AvgIpc) is 2.58. The minimum Gasteiger partial charge on any atom is -0.395 e. The van der Waals surface area contributed by atoms with E-state index in [4.69, 9.17) is 0 Å². The van der Waals surface area contributed by atoms with Crippen LogP contribution in [0.4, 0.5) is 14.5 Å². The zero-order valence-electron chi connectivity index (χ0n) is 10.7. The van der Waals surface area contributed by atoms with Gasteiger partial charge in [-0.05, 0) is 24.5 Å². The highest BCUT2D eigenvalue weighted by atomic mass is 19.3. The Kier molecular flexibility index (Phi) is 3.32. The number of fused-ring (bicyclic) bond motifs is 1. The first-order valence-electron chi connectivity index (χ1n) is 6.07. The van der Waals surface area contributed by atoms with Crippen molar-refractivity contribution in [3.63, 3.8) is 0 Å². The van der Waals surface area contributed by atoms with Gasteiger partial charge in [-0.2, -0.15) is 0 Å². The molecule has 0 bridgehead atoms. The summed E-state index contributed by atoms with van der Waals surface area (Å²) in [5.74, 6) is 0.605. The number of hydrogen-bond donors (Lipinski definition) is 1. The molecule has 1 atom stereocenters. The van der Waals surface area contributed by atoms with Gasteiger partial charge in [0.25, 0.3) is 0 Å². The highest BCUT2D eigenvalue weighted by Gasteiger charge is 2.43. The van der Waals surface area contributed by atoms with Crippen LogP contribution in [0.1, 0.15) is 27.2 Å². The molecule has 0 fully saturated rings. The first-order chi connectivity index (χ1) is 8.41. The van der Waals surface area contributed by atoms with Gasteiger partial charge in [-0.15, -0.1) is 8.78 Å². The summed E-state index contributed by atoms with van der Waals surface area (Å²) in [7, 11) is 0. The summed E-state index contributed by atoms with van der Waals surface area (Å²) in [6, 6.07) is 5.05. The van der Waals surface area contributed by atoms with Crippen LogP contribution in [0.2, 0.25) is 0 Å². The quantitative estimate of drug-likeness (QED) is 0.888. The molecule has 1 aromatic rings. The van der Waals surface area contributed by atoms with Crippen LogP contribution in [0.25, 0.3) is 0 Å². The summed E-state index contributed by atoms with van der Waals surface area (Å²) in [6.45, 7) is 6.31. The standard InChI is InChI=1S/C13H17F2NO2/c1-4-10(8(2)3)16-9-5-6-11-12(7-9)18-13(14,15)17-11/h5-8,10,16H,4H2,1-3H3. The van der Waals surface area contributed by atoms with E-state index in [1.807, 2.05) is 0 Å². The van der Waals surface area contributed by atoms with Crippen molar-refractivity contribution >= 4 is 5.69 Å². The van der Waals surface area contributed by atoms with Crippen LogP contribution in [0.15, 0.2) is 18.2 Å². The fourth-order valence-corrected chi connectivity index (χ4v) is 1.99. The van der Waals surface area contributed by atoms with Crippen LogP contribution in [-0.2, 0) is 0 Å². The number of nitrogens with one attached hydrogen (secondary N) is 1. The molecule has 1 heterocycles. The molecule has 0 spiro atoms. The highest BCUT2D eigenvalue weighted by molar-refractivity contribution is 5.56. The summed E-state index contributed by atoms with van der Waals surface area (Å²) >= 11 is 0. The topological polar surface area (TPSA) is 30.5 Å². The van der Waals surface area contributed by atoms with Crippen LogP contribution < -0.4 is 14.8 Å². The number of halogens is 2. The summed E-state index contributed by atoms with van der Waals surface area (Å²) in [4.78, 5) is 0. The van der Waals surface area contributed by atoms with Gasteiger partial charge in [0, 0.05) is 17.8 Å². The largest absolute Gasteiger partial charge is 0.586 e. The third kappa shape index (κ3) is 2.66. The van der Waals surface area contributed by atoms with Crippen molar-refractivity contribution in [3.05, 3.63) is 18.2 Å². The van der Waals surface area contributed by atoms with Gasteiger partial charge in [-0.1, -0.05) is 20.8 Å². The second-order valence-electron chi connectivity index (χ2n) is 4.73. The lowest BCUT2D eigenvalue weighted by molar-refractivity contribution is -0.286. The van der Waals surface area contributed by atoms with Crippen molar-refractivity contribution in [1.82, 2.24) is 0 Å². The number of benzene rings is 1. The molecule has 18 heavy (non-hydrogen) atoms. The monoisotopic (exact) mass is 257 g/mol. The average molecular weight is 257 g/mol. The maximum atomic E-state index is 12.9. The van der Waals surface area contributed by atoms with E-state index < -0.39 is 6.29 Å². The number of rotatable bonds is 4. The van der Waals surface area contributed by atoms with Gasteiger partial charge in [0.2, 0.25) is 0 Å². The van der Waals surface area contributed by atoms with Gasteiger partial charge in [0.1, 0.15) is 0 Å². The molecular weight excluding hydrogens is 240 g/mol. The second-order valence-corrected chi connectivity index (χ2v) is 4.73. The smallest absolute Gasteiger partial charge is 0.395 e. The molecule has 5 heteroatoms. The summed E-state index contributed by atoms with van der Waals surface area (Å²) in [6.07, 6.45) is -2.59. The van der Waals surface area contributed by atoms with Crippen molar-refractivity contribution in [2.45, 2.75) is 39.5 Å². The van der Waals surface area contributed by atoms with E-state index in [9.17, 15) is 8.78 Å². The Morgan fingerprint density at radius 2 is 1.89 bits per heavy atom. The molecule has 1 aliphatic rings. The highest BCUT2D eigenvalue weighted by Crippen LogP contribution is 2.42. The third-order valence-electron chi connectivity index (χ3n) is 3.00. The first-order valence-corrected chi connectivity index (χ1v) is 6.07. The lowest BCUT2D eigenvalue weighted by atomic mass is 10.0. The van der Waals surface area contributed by atoms with E-state index in [0.29, 0.717) is 12.0 Å². The van der Waals surface area contributed by atoms with Crippen LogP contribution in [0.3, 0.4) is 0 Å². The van der Waals surface area contributed by atoms with Gasteiger partial charge in [-0.3, -0.25) is 0 Å². The van der Waals surface area contributed by atoms with Crippen LogP contribution in [0.5, 0.6) is 11.5 Å². The third-order valence-corrected chi connectivity index (χ3v) is 3.00. The van der Waals surface area contributed by atoms with E-state index in [1.54, 1.807) is 12.1 Å². The van der Waals surface area contributed by atoms with E-state index in [-0.39, 0.29) is 11.5 Å². The van der Waals surface area contributed by atoms with Crippen molar-refractivity contribution in [2.75, 3.05) is 5.32 Å². The van der Waals surface area contributed by atoms with E-state index in [1.165, 1.54) is 6.07 Å². The number of hydrogen-bond acceptors (Lipinski definition) is 3. The maximum Gasteiger partial charge on any atom is 0.586 e. The fraction of sp³-hybridized carbons (Fsp3) is 0.538. The minimum atomic E-state index is -3.55. The zero-order chi connectivity index (χ0) is 13.3. The van der Waals surface area contributed by atoms with E-state index in [2.05, 4.69) is 35.6 Å². The molecule has 0 saturated heterocycles. The van der Waals surface area contributed by atoms with Crippen LogP contribution in [0, 0.1) is 5.92 Å². The Labute approximate surface area is 105 Å². The van der Waals surface area contributed by atoms with Crippen molar-refractivity contribution in [3.8, 4) is 11.5 Å². The Morgan fingerprint density at radius 3 is 2.50 bits per heavy atom. The molecule has 0 amide bonds. The predicted octanol–water partition coefficient (Wildman–Crippen LogP) is 3.85. The molecule has 1 aromatic carbocycles. The minimum absolute atomic E-state index is 0.0724. The van der Waals surface area contributed by atoms with Gasteiger partial charge in [0.15, 0.2) is 11.5 Å². The number of ether oxygens (including phenoxy) is 2. The second kappa shape index (κ2) is 4.63. The van der Waals surface area contributed by atoms with Crippen molar-refractivity contribution in [2.24, 2.45) is 5.92 Å². The van der Waals surface area contributed by atoms with Crippen molar-refractivity contribution in [1.29, 1.82) is 0 Å². The Balaban J connectivity index is 2.14. The molecule has 0 aliphatic carbocycles. The summed E-state index contributed by atoms with van der Waals surface area (Å²) in [5, 5.41) is 3.30. The molecule has 1 N–H and O–H groups in total. The van der Waals surface area contributed by atoms with Gasteiger partial charge in [0.05, 0.1) is 0 Å². The first kappa shape index (κ1) is 12.9. The summed E-state index contributed by atoms with van der Waals surface area (Å²) < 4.78 is 34.5. The molecule has 0 saturated carbocycles. The Morgan fingerprint density at radius 1 is 1.22 bits per heavy atom. The Bertz CT molecular complexity index is 435. The molecule has 3 nitrogen and oxygen atoms in total. The fourth-order valence-electron chi connectivity index (χ4n) is 1.99. The maximum absolute atomic E-state index is 12.9. The van der Waals surface area contributed by atoms with E-state index in [0.717, 1.165) is 12.1 Å². The molecule has 0 radical (unpaired) electrons. The molecule has 100 valence electrons. The Hall–Kier alpha value is -1.52. The van der Waals surface area contributed by atoms with Gasteiger partial charge in [-0.25, -0.2) is 0 Å². The number of alkyl halides is 2. The van der Waals surface area contributed by atoms with Crippen molar-refractivity contribution < 1.29 is 18.3 Å². The summed E-state index contributed by atoms with van der Waals surface area (Å²) in [5.41, 5.74) is 0.760. The van der Waals surface area contributed by atoms with Gasteiger partial charge < -0.3 is 14.8 Å². The van der Waals surface area contributed by atoms with E-state index >= 15 is 0 Å².